The summed E-state index contributed by atoms with van der Waals surface area (Å²) in [6, 6.07) is 5.59. The zero-order valence-corrected chi connectivity index (χ0v) is 14.0. The minimum atomic E-state index is -0.00822. The summed E-state index contributed by atoms with van der Waals surface area (Å²) >= 11 is 1.30. The third-order valence-corrected chi connectivity index (χ3v) is 4.14. The Hall–Kier alpha value is -2.35. The van der Waals surface area contributed by atoms with Gasteiger partial charge >= 0.3 is 0 Å². The summed E-state index contributed by atoms with van der Waals surface area (Å²) in [4.78, 5) is 22.5. The van der Waals surface area contributed by atoms with E-state index in [0.717, 1.165) is 17.1 Å². The van der Waals surface area contributed by atoms with Crippen LogP contribution in [0.5, 0.6) is 0 Å². The van der Waals surface area contributed by atoms with Gasteiger partial charge in [-0.25, -0.2) is 9.50 Å². The van der Waals surface area contributed by atoms with Gasteiger partial charge in [-0.1, -0.05) is 11.8 Å². The summed E-state index contributed by atoms with van der Waals surface area (Å²) in [7, 11) is 1.75. The molecule has 0 aromatic carbocycles. The van der Waals surface area contributed by atoms with Gasteiger partial charge in [0.1, 0.15) is 5.76 Å². The fraction of sp³-hybridized carbons (Fsp3) is 0.333. The highest BCUT2D eigenvalue weighted by atomic mass is 32.2. The molecule has 0 bridgehead atoms. The van der Waals surface area contributed by atoms with Crippen LogP contribution in [0.3, 0.4) is 0 Å². The van der Waals surface area contributed by atoms with Crippen molar-refractivity contribution in [1.82, 2.24) is 24.5 Å². The maximum absolute atomic E-state index is 12.2. The van der Waals surface area contributed by atoms with E-state index in [1.807, 2.05) is 26.0 Å². The third-order valence-electron chi connectivity index (χ3n) is 3.32. The molecule has 0 N–H and O–H groups in total. The number of aromatic nitrogens is 4. The normalized spacial score (nSPS) is 11.1. The Morgan fingerprint density at radius 2 is 2.22 bits per heavy atom. The summed E-state index contributed by atoms with van der Waals surface area (Å²) in [6.07, 6.45) is 1.60. The standard InChI is InChI=1S/C15H17N5O2S/c1-10-7-11(2)20-14(16-10)17-15(18-20)23-9-13(21)19(3)8-12-5-4-6-22-12/h4-7H,8-9H2,1-3H3. The maximum Gasteiger partial charge on any atom is 0.253 e. The fourth-order valence-electron chi connectivity index (χ4n) is 2.17. The number of thioether (sulfide) groups is 1. The molecule has 0 aliphatic rings. The average Bonchev–Trinajstić information content (AvgIpc) is 3.13. The fourth-order valence-corrected chi connectivity index (χ4v) is 2.93. The van der Waals surface area contributed by atoms with Crippen LogP contribution in [0.4, 0.5) is 0 Å². The Balaban J connectivity index is 1.63. The average molecular weight is 331 g/mol. The molecule has 0 radical (unpaired) electrons. The molecular formula is C15H17N5O2S. The monoisotopic (exact) mass is 331 g/mol. The van der Waals surface area contributed by atoms with Crippen LogP contribution in [0.2, 0.25) is 0 Å². The molecule has 0 aliphatic carbocycles. The lowest BCUT2D eigenvalue weighted by molar-refractivity contribution is -0.127. The van der Waals surface area contributed by atoms with Crippen LogP contribution >= 0.6 is 11.8 Å². The second kappa shape index (κ2) is 6.41. The highest BCUT2D eigenvalue weighted by molar-refractivity contribution is 7.99. The van der Waals surface area contributed by atoms with E-state index < -0.39 is 0 Å². The first-order chi connectivity index (χ1) is 11.0. The van der Waals surface area contributed by atoms with Crippen LogP contribution in [0.1, 0.15) is 17.1 Å². The van der Waals surface area contributed by atoms with Crippen molar-refractivity contribution >= 4 is 23.4 Å². The van der Waals surface area contributed by atoms with Gasteiger partial charge in [-0.2, -0.15) is 4.98 Å². The predicted molar refractivity (Wildman–Crippen MR) is 86.2 cm³/mol. The smallest absolute Gasteiger partial charge is 0.253 e. The Kier molecular flexibility index (Phi) is 4.33. The van der Waals surface area contributed by atoms with Crippen molar-refractivity contribution in [2.45, 2.75) is 25.5 Å². The van der Waals surface area contributed by atoms with E-state index in [1.165, 1.54) is 11.8 Å². The van der Waals surface area contributed by atoms with Gasteiger partial charge in [-0.05, 0) is 32.0 Å². The lowest BCUT2D eigenvalue weighted by atomic mass is 10.4. The number of fused-ring (bicyclic) bond motifs is 1. The zero-order valence-electron chi connectivity index (χ0n) is 13.2. The van der Waals surface area contributed by atoms with Gasteiger partial charge < -0.3 is 9.32 Å². The van der Waals surface area contributed by atoms with Crippen molar-refractivity contribution in [3.8, 4) is 0 Å². The number of aryl methyl sites for hydroxylation is 2. The molecule has 23 heavy (non-hydrogen) atoms. The second-order valence-corrected chi connectivity index (χ2v) is 6.21. The maximum atomic E-state index is 12.2. The van der Waals surface area contributed by atoms with E-state index in [2.05, 4.69) is 15.1 Å². The molecule has 0 atom stereocenters. The van der Waals surface area contributed by atoms with Gasteiger partial charge in [-0.15, -0.1) is 5.10 Å². The predicted octanol–water partition coefficient (Wildman–Crippen LogP) is 2.08. The molecule has 8 heteroatoms. The number of carbonyl (C=O) groups excluding carboxylic acids is 1. The van der Waals surface area contributed by atoms with Crippen LogP contribution in [-0.2, 0) is 11.3 Å². The Bertz CT molecular complexity index is 828. The van der Waals surface area contributed by atoms with Crippen molar-refractivity contribution in [1.29, 1.82) is 0 Å². The van der Waals surface area contributed by atoms with Crippen LogP contribution < -0.4 is 0 Å². The Labute approximate surface area is 137 Å². The first-order valence-corrected chi connectivity index (χ1v) is 8.11. The summed E-state index contributed by atoms with van der Waals surface area (Å²) in [6.45, 7) is 4.32. The molecule has 3 rings (SSSR count). The van der Waals surface area contributed by atoms with Crippen molar-refractivity contribution in [3.05, 3.63) is 41.6 Å². The van der Waals surface area contributed by atoms with E-state index >= 15 is 0 Å². The number of hydrogen-bond acceptors (Lipinski definition) is 6. The molecule has 0 fully saturated rings. The molecular weight excluding hydrogens is 314 g/mol. The van der Waals surface area contributed by atoms with Crippen LogP contribution in [-0.4, -0.2) is 43.2 Å². The topological polar surface area (TPSA) is 76.5 Å². The van der Waals surface area contributed by atoms with Crippen molar-refractivity contribution in [2.24, 2.45) is 0 Å². The Morgan fingerprint density at radius 1 is 1.39 bits per heavy atom. The third kappa shape index (κ3) is 3.53. The van der Waals surface area contributed by atoms with Gasteiger partial charge in [-0.3, -0.25) is 4.79 Å². The number of furan rings is 1. The molecule has 3 aromatic rings. The van der Waals surface area contributed by atoms with Crippen LogP contribution in [0, 0.1) is 13.8 Å². The first-order valence-electron chi connectivity index (χ1n) is 7.13. The summed E-state index contributed by atoms with van der Waals surface area (Å²) in [5, 5.41) is 4.92. The molecule has 3 heterocycles. The van der Waals surface area contributed by atoms with Gasteiger partial charge in [0.15, 0.2) is 0 Å². The van der Waals surface area contributed by atoms with E-state index in [-0.39, 0.29) is 11.7 Å². The quantitative estimate of drug-likeness (QED) is 0.666. The van der Waals surface area contributed by atoms with Crippen LogP contribution in [0.15, 0.2) is 34.0 Å². The lowest BCUT2D eigenvalue weighted by Gasteiger charge is -2.14. The molecule has 0 saturated carbocycles. The minimum absolute atomic E-state index is 0.00822. The van der Waals surface area contributed by atoms with E-state index in [9.17, 15) is 4.79 Å². The largest absolute Gasteiger partial charge is 0.467 e. The van der Waals surface area contributed by atoms with Gasteiger partial charge in [0.25, 0.3) is 5.78 Å². The van der Waals surface area contributed by atoms with E-state index in [4.69, 9.17) is 4.42 Å². The van der Waals surface area contributed by atoms with E-state index in [1.54, 1.807) is 28.8 Å². The van der Waals surface area contributed by atoms with Crippen molar-refractivity contribution in [2.75, 3.05) is 12.8 Å². The number of nitrogens with zero attached hydrogens (tertiary/aromatic N) is 5. The molecule has 0 spiro atoms. The van der Waals surface area contributed by atoms with Crippen LogP contribution in [0.25, 0.3) is 5.78 Å². The second-order valence-electron chi connectivity index (χ2n) is 5.26. The highest BCUT2D eigenvalue weighted by Crippen LogP contribution is 2.16. The molecule has 1 amide bonds. The van der Waals surface area contributed by atoms with Crippen molar-refractivity contribution < 1.29 is 9.21 Å². The molecule has 0 unspecified atom stereocenters. The van der Waals surface area contributed by atoms with Gasteiger partial charge in [0, 0.05) is 18.4 Å². The summed E-state index contributed by atoms with van der Waals surface area (Å²) < 4.78 is 6.93. The SMILES string of the molecule is Cc1cc(C)n2nc(SCC(=O)N(C)Cc3ccco3)nc2n1. The molecule has 3 aromatic heterocycles. The number of rotatable bonds is 5. The first kappa shape index (κ1) is 15.5. The van der Waals surface area contributed by atoms with Crippen molar-refractivity contribution in [3.63, 3.8) is 0 Å². The zero-order chi connectivity index (χ0) is 16.4. The number of amides is 1. The highest BCUT2D eigenvalue weighted by Gasteiger charge is 2.14. The molecule has 120 valence electrons. The summed E-state index contributed by atoms with van der Waals surface area (Å²) in [5.41, 5.74) is 1.86. The lowest BCUT2D eigenvalue weighted by Crippen LogP contribution is -2.27. The van der Waals surface area contributed by atoms with Gasteiger partial charge in [0.05, 0.1) is 18.6 Å². The molecule has 0 aliphatic heterocycles. The minimum Gasteiger partial charge on any atom is -0.467 e. The summed E-state index contributed by atoms with van der Waals surface area (Å²) in [5.74, 6) is 1.58. The van der Waals surface area contributed by atoms with E-state index in [0.29, 0.717) is 17.5 Å². The number of carbonyl (C=O) groups is 1. The Morgan fingerprint density at radius 3 is 2.96 bits per heavy atom. The number of hydrogen-bond donors (Lipinski definition) is 0. The van der Waals surface area contributed by atoms with Gasteiger partial charge in [0.2, 0.25) is 11.1 Å². The molecule has 0 saturated heterocycles. The molecule has 7 nitrogen and oxygen atoms in total.